The lowest BCUT2D eigenvalue weighted by Gasteiger charge is -2.46. The van der Waals surface area contributed by atoms with Crippen LogP contribution in [0.25, 0.3) is 0 Å². The Morgan fingerprint density at radius 2 is 0.489 bits per heavy atom. The summed E-state index contributed by atoms with van der Waals surface area (Å²) in [5.41, 5.74) is 0. The first-order chi connectivity index (χ1) is 20.5. The Labute approximate surface area is 283 Å². The summed E-state index contributed by atoms with van der Waals surface area (Å²) < 4.78 is 80.3. The SMILES string of the molecule is CO[Si](CC[Si](C)(C)O[Si](O[Si](C)(C)C)(O[Si](C)(C)CC[Si](OC)(OC)OC)O[Si](C)(C)CC[Si](OC)(OC)OC)(OC)OC. The van der Waals surface area contributed by atoms with Gasteiger partial charge in [0.1, 0.15) is 0 Å². The lowest BCUT2D eigenvalue weighted by Crippen LogP contribution is -2.66. The Kier molecular flexibility index (Phi) is 19.5. The van der Waals surface area contributed by atoms with E-state index in [9.17, 15) is 0 Å². The molecule has 0 aliphatic carbocycles. The van der Waals surface area contributed by atoms with Gasteiger partial charge < -0.3 is 56.3 Å². The van der Waals surface area contributed by atoms with Crippen molar-refractivity contribution in [3.8, 4) is 0 Å². The van der Waals surface area contributed by atoms with E-state index in [1.807, 2.05) is 0 Å². The van der Waals surface area contributed by atoms with Crippen LogP contribution in [-0.4, -0.2) is 133 Å². The van der Waals surface area contributed by atoms with Gasteiger partial charge in [0.25, 0.3) is 0 Å². The summed E-state index contributed by atoms with van der Waals surface area (Å²) in [6.45, 7) is 19.4. The lowest BCUT2D eigenvalue weighted by molar-refractivity contribution is 0.121. The van der Waals surface area contributed by atoms with Crippen LogP contribution in [0.1, 0.15) is 0 Å². The van der Waals surface area contributed by atoms with E-state index in [0.29, 0.717) is 36.3 Å². The third-order valence-corrected chi connectivity index (χ3v) is 34.7. The molecule has 0 fully saturated rings. The molecule has 45 heavy (non-hydrogen) atoms. The molecule has 0 radical (unpaired) electrons. The van der Waals surface area contributed by atoms with Crippen molar-refractivity contribution in [3.63, 3.8) is 0 Å². The van der Waals surface area contributed by atoms with E-state index in [0.717, 1.165) is 0 Å². The molecule has 13 nitrogen and oxygen atoms in total. The summed E-state index contributed by atoms with van der Waals surface area (Å²) in [6.07, 6.45) is 0. The van der Waals surface area contributed by atoms with Crippen LogP contribution in [0, 0.1) is 0 Å². The van der Waals surface area contributed by atoms with Gasteiger partial charge in [-0.2, -0.15) is 0 Å². The molecule has 0 amide bonds. The summed E-state index contributed by atoms with van der Waals surface area (Å²) in [4.78, 5) is 0. The first-order valence-electron chi connectivity index (χ1n) is 15.3. The van der Waals surface area contributed by atoms with Gasteiger partial charge in [0.05, 0.1) is 0 Å². The maximum Gasteiger partial charge on any atom is 0.636 e. The van der Waals surface area contributed by atoms with E-state index in [2.05, 4.69) is 58.9 Å². The van der Waals surface area contributed by atoms with E-state index in [1.165, 1.54) is 0 Å². The van der Waals surface area contributed by atoms with Crippen molar-refractivity contribution in [2.45, 2.75) is 95.2 Å². The monoisotopic (exact) mass is 786 g/mol. The van der Waals surface area contributed by atoms with Crippen molar-refractivity contribution in [2.75, 3.05) is 64.0 Å². The first-order valence-corrected chi connectivity index (χ1v) is 35.4. The second-order valence-corrected chi connectivity index (χ2v) is 43.5. The molecule has 0 aromatic heterocycles. The Morgan fingerprint density at radius 1 is 0.289 bits per heavy atom. The van der Waals surface area contributed by atoms with Crippen LogP contribution in [0.15, 0.2) is 0 Å². The van der Waals surface area contributed by atoms with Gasteiger partial charge in [0.2, 0.25) is 0 Å². The van der Waals surface area contributed by atoms with E-state index >= 15 is 0 Å². The topological polar surface area (TPSA) is 120 Å². The fraction of sp³-hybridized carbons (Fsp3) is 1.00. The molecular weight excluding hydrogens is 721 g/mol. The van der Waals surface area contributed by atoms with Crippen LogP contribution >= 0.6 is 0 Å². The summed E-state index contributed by atoms with van der Waals surface area (Å²) in [5.74, 6) is 0. The third kappa shape index (κ3) is 15.8. The molecule has 0 aromatic carbocycles. The van der Waals surface area contributed by atoms with Crippen LogP contribution in [0.5, 0.6) is 0 Å². The smallest absolute Gasteiger partial charge is 0.396 e. The average molecular weight is 787 g/mol. The molecule has 0 atom stereocenters. The van der Waals surface area contributed by atoms with E-state index in [4.69, 9.17) is 56.3 Å². The van der Waals surface area contributed by atoms with Crippen LogP contribution in [0.2, 0.25) is 95.2 Å². The van der Waals surface area contributed by atoms with Gasteiger partial charge in [-0.1, -0.05) is 0 Å². The molecule has 0 aliphatic heterocycles. The molecular formula is C24H66O13Si8. The summed E-state index contributed by atoms with van der Waals surface area (Å²) in [5, 5.41) is 0. The van der Waals surface area contributed by atoms with Gasteiger partial charge in [-0.25, -0.2) is 0 Å². The zero-order valence-electron chi connectivity index (χ0n) is 31.5. The van der Waals surface area contributed by atoms with Crippen molar-refractivity contribution < 1.29 is 56.3 Å². The van der Waals surface area contributed by atoms with Crippen LogP contribution in [-0.2, 0) is 56.3 Å². The zero-order chi connectivity index (χ0) is 35.4. The third-order valence-electron chi connectivity index (χ3n) is 7.53. The fourth-order valence-corrected chi connectivity index (χ4v) is 34.5. The molecule has 0 saturated carbocycles. The van der Waals surface area contributed by atoms with Gasteiger partial charge in [-0.3, -0.25) is 0 Å². The molecule has 0 spiro atoms. The fourth-order valence-electron chi connectivity index (χ4n) is 4.70. The molecule has 0 unspecified atom stereocenters. The Bertz CT molecular complexity index is 718. The molecule has 0 N–H and O–H groups in total. The highest BCUT2D eigenvalue weighted by molar-refractivity contribution is 6.92. The zero-order valence-corrected chi connectivity index (χ0v) is 39.5. The van der Waals surface area contributed by atoms with Crippen LogP contribution in [0.3, 0.4) is 0 Å². The van der Waals surface area contributed by atoms with Gasteiger partial charge in [0.15, 0.2) is 33.3 Å². The normalized spacial score (nSPS) is 14.8. The highest BCUT2D eigenvalue weighted by atomic mass is 28.5. The minimum Gasteiger partial charge on any atom is -0.396 e. The van der Waals surface area contributed by atoms with Gasteiger partial charge in [-0.05, 0) is 77.1 Å². The van der Waals surface area contributed by atoms with Crippen molar-refractivity contribution >= 4 is 68.7 Å². The number of hydrogen-bond acceptors (Lipinski definition) is 13. The average Bonchev–Trinajstić information content (AvgIpc) is 2.94. The molecule has 0 heterocycles. The minimum atomic E-state index is -3.79. The molecule has 272 valence electrons. The van der Waals surface area contributed by atoms with Gasteiger partial charge >= 0.3 is 35.5 Å². The maximum atomic E-state index is 7.23. The summed E-state index contributed by atoms with van der Waals surface area (Å²) in [7, 11) is -7.54. The van der Waals surface area contributed by atoms with Gasteiger partial charge in [-0.15, -0.1) is 0 Å². The predicted octanol–water partition coefficient (Wildman–Crippen LogP) is 5.57. The molecule has 0 rings (SSSR count). The van der Waals surface area contributed by atoms with Crippen molar-refractivity contribution in [3.05, 3.63) is 0 Å². The summed E-state index contributed by atoms with van der Waals surface area (Å²) >= 11 is 0. The van der Waals surface area contributed by atoms with Crippen molar-refractivity contribution in [1.82, 2.24) is 0 Å². The first kappa shape index (κ1) is 46.2. The van der Waals surface area contributed by atoms with Crippen LogP contribution in [0.4, 0.5) is 0 Å². The largest absolute Gasteiger partial charge is 0.636 e. The Balaban J connectivity index is 6.82. The van der Waals surface area contributed by atoms with E-state index in [1.54, 1.807) is 64.0 Å². The van der Waals surface area contributed by atoms with Crippen molar-refractivity contribution in [1.29, 1.82) is 0 Å². The second kappa shape index (κ2) is 19.0. The molecule has 0 bridgehead atoms. The summed E-state index contributed by atoms with van der Waals surface area (Å²) in [6, 6.07) is 3.91. The highest BCUT2D eigenvalue weighted by Gasteiger charge is 2.59. The number of rotatable bonds is 26. The van der Waals surface area contributed by atoms with Gasteiger partial charge in [0, 0.05) is 82.1 Å². The molecule has 0 aromatic rings. The lowest BCUT2D eigenvalue weighted by atomic mass is 10.9. The van der Waals surface area contributed by atoms with E-state index < -0.39 is 68.7 Å². The second-order valence-electron chi connectivity index (χ2n) is 13.7. The highest BCUT2D eigenvalue weighted by Crippen LogP contribution is 2.36. The van der Waals surface area contributed by atoms with Crippen molar-refractivity contribution in [2.24, 2.45) is 0 Å². The van der Waals surface area contributed by atoms with E-state index in [-0.39, 0.29) is 0 Å². The minimum absolute atomic E-state index is 0.599. The predicted molar refractivity (Wildman–Crippen MR) is 195 cm³/mol. The molecule has 0 aliphatic rings. The Hall–Kier alpha value is 1.22. The molecule has 21 heteroatoms. The standard InChI is InChI=1S/C24H66O13Si8/c1-25-42(26-2,27-3)22-19-39(13,14)35-45(34-38(10,11)12,36-40(15,16)20-23-43(28-4,29-5)30-6)37-41(17,18)21-24-44(31-7,32-8)33-9/h19-24H2,1-18H3. The van der Waals surface area contributed by atoms with Crippen LogP contribution < -0.4 is 0 Å². The molecule has 0 saturated heterocycles. The quantitative estimate of drug-likeness (QED) is 0.102. The Morgan fingerprint density at radius 3 is 0.644 bits per heavy atom. The maximum absolute atomic E-state index is 7.23. The number of hydrogen-bond donors (Lipinski definition) is 0.